The van der Waals surface area contributed by atoms with Crippen LogP contribution in [0.15, 0.2) is 35.7 Å². The molecule has 0 rings (SSSR count). The minimum atomic E-state index is 0.622. The first-order valence-electron chi connectivity index (χ1n) is 4.76. The van der Waals surface area contributed by atoms with E-state index in [4.69, 9.17) is 11.5 Å². The lowest BCUT2D eigenvalue weighted by Gasteiger charge is -1.96. The van der Waals surface area contributed by atoms with Gasteiger partial charge in [0.05, 0.1) is 11.4 Å². The standard InChI is InChI=1S/C9H16N2.C2H6/c1-3-5-6-7-9(11)8(10)4-2;1-2/h4-7H,3,10-11H2,1-2H3;1-2H3/b6-5-,8-4+,9-7+;. The van der Waals surface area contributed by atoms with Crippen molar-refractivity contribution in [1.29, 1.82) is 0 Å². The van der Waals surface area contributed by atoms with Crippen LogP contribution in [0.3, 0.4) is 0 Å². The molecule has 0 saturated carbocycles. The molecule has 2 heteroatoms. The fraction of sp³-hybridized carbons (Fsp3) is 0.455. The van der Waals surface area contributed by atoms with Gasteiger partial charge in [-0.2, -0.15) is 0 Å². The lowest BCUT2D eigenvalue weighted by Crippen LogP contribution is -2.08. The third kappa shape index (κ3) is 8.73. The van der Waals surface area contributed by atoms with Crippen LogP contribution in [-0.4, -0.2) is 0 Å². The van der Waals surface area contributed by atoms with E-state index in [1.807, 2.05) is 32.9 Å². The molecule has 0 bridgehead atoms. The van der Waals surface area contributed by atoms with Gasteiger partial charge < -0.3 is 11.5 Å². The molecular formula is C11H22N2. The minimum absolute atomic E-state index is 0.622. The van der Waals surface area contributed by atoms with Crippen molar-refractivity contribution in [2.45, 2.75) is 34.1 Å². The van der Waals surface area contributed by atoms with Gasteiger partial charge in [0.25, 0.3) is 0 Å². The van der Waals surface area contributed by atoms with Crippen molar-refractivity contribution in [3.05, 3.63) is 35.7 Å². The maximum atomic E-state index is 5.59. The van der Waals surface area contributed by atoms with Gasteiger partial charge in [0.1, 0.15) is 0 Å². The predicted molar refractivity (Wildman–Crippen MR) is 61.0 cm³/mol. The molecule has 0 saturated heterocycles. The van der Waals surface area contributed by atoms with Gasteiger partial charge in [-0.15, -0.1) is 0 Å². The van der Waals surface area contributed by atoms with Gasteiger partial charge in [-0.05, 0) is 19.4 Å². The molecule has 13 heavy (non-hydrogen) atoms. The number of allylic oxidation sites excluding steroid dienone is 4. The molecule has 0 atom stereocenters. The third-order valence-corrected chi connectivity index (χ3v) is 1.29. The molecule has 76 valence electrons. The summed E-state index contributed by atoms with van der Waals surface area (Å²) in [7, 11) is 0. The highest BCUT2D eigenvalue weighted by molar-refractivity contribution is 5.27. The quantitative estimate of drug-likeness (QED) is 0.659. The summed E-state index contributed by atoms with van der Waals surface area (Å²) in [5, 5.41) is 0. The molecule has 0 fully saturated rings. The summed E-state index contributed by atoms with van der Waals surface area (Å²) in [4.78, 5) is 0. The monoisotopic (exact) mass is 182 g/mol. The van der Waals surface area contributed by atoms with Gasteiger partial charge in [0.2, 0.25) is 0 Å². The Morgan fingerprint density at radius 1 is 1.15 bits per heavy atom. The lowest BCUT2D eigenvalue weighted by molar-refractivity contribution is 1.21. The van der Waals surface area contributed by atoms with Crippen molar-refractivity contribution in [2.75, 3.05) is 0 Å². The van der Waals surface area contributed by atoms with E-state index in [9.17, 15) is 0 Å². The van der Waals surface area contributed by atoms with Crippen LogP contribution >= 0.6 is 0 Å². The number of hydrogen-bond acceptors (Lipinski definition) is 2. The molecule has 4 N–H and O–H groups in total. The van der Waals surface area contributed by atoms with Crippen LogP contribution in [0.4, 0.5) is 0 Å². The van der Waals surface area contributed by atoms with E-state index in [0.29, 0.717) is 11.4 Å². The van der Waals surface area contributed by atoms with E-state index in [1.54, 1.807) is 12.2 Å². The highest BCUT2D eigenvalue weighted by Gasteiger charge is 1.88. The first-order chi connectivity index (χ1) is 6.22. The summed E-state index contributed by atoms with van der Waals surface area (Å²) in [6.07, 6.45) is 8.53. The van der Waals surface area contributed by atoms with Crippen molar-refractivity contribution in [3.63, 3.8) is 0 Å². The SMILES string of the molecule is CC.C\C=C(N)/C(N)=C\C=C/CC. The van der Waals surface area contributed by atoms with Crippen LogP contribution in [-0.2, 0) is 0 Å². The second kappa shape index (κ2) is 10.8. The average Bonchev–Trinajstić information content (AvgIpc) is 2.20. The molecule has 0 aliphatic rings. The van der Waals surface area contributed by atoms with Crippen LogP contribution in [0.5, 0.6) is 0 Å². The lowest BCUT2D eigenvalue weighted by atomic mass is 10.3. The molecule has 0 aromatic rings. The molecule has 0 aromatic carbocycles. The highest BCUT2D eigenvalue weighted by Crippen LogP contribution is 1.95. The Hall–Kier alpha value is -1.18. The number of rotatable bonds is 3. The average molecular weight is 182 g/mol. The molecule has 0 heterocycles. The van der Waals surface area contributed by atoms with Crippen molar-refractivity contribution >= 4 is 0 Å². The van der Waals surface area contributed by atoms with Gasteiger partial charge in [-0.3, -0.25) is 0 Å². The van der Waals surface area contributed by atoms with Gasteiger partial charge in [0.15, 0.2) is 0 Å². The van der Waals surface area contributed by atoms with Gasteiger partial charge in [0, 0.05) is 0 Å². The predicted octanol–water partition coefficient (Wildman–Crippen LogP) is 2.68. The zero-order valence-corrected chi connectivity index (χ0v) is 9.17. The highest BCUT2D eigenvalue weighted by atomic mass is 14.7. The minimum Gasteiger partial charge on any atom is -0.397 e. The Morgan fingerprint density at radius 3 is 2.08 bits per heavy atom. The Balaban J connectivity index is 0. The van der Waals surface area contributed by atoms with E-state index in [2.05, 4.69) is 6.92 Å². The molecule has 0 unspecified atom stereocenters. The summed E-state index contributed by atoms with van der Waals surface area (Å²) in [6, 6.07) is 0. The number of hydrogen-bond donors (Lipinski definition) is 2. The zero-order chi connectivity index (χ0) is 10.7. The van der Waals surface area contributed by atoms with Gasteiger partial charge in [-0.25, -0.2) is 0 Å². The first kappa shape index (κ1) is 14.3. The molecule has 0 aliphatic carbocycles. The molecule has 2 nitrogen and oxygen atoms in total. The van der Waals surface area contributed by atoms with Gasteiger partial charge in [-0.1, -0.05) is 39.0 Å². The Bertz CT molecular complexity index is 188. The van der Waals surface area contributed by atoms with Crippen LogP contribution in [0, 0.1) is 0 Å². The largest absolute Gasteiger partial charge is 0.397 e. The van der Waals surface area contributed by atoms with Crippen molar-refractivity contribution in [1.82, 2.24) is 0 Å². The molecule has 0 radical (unpaired) electrons. The maximum absolute atomic E-state index is 5.59. The Kier molecular flexibility index (Phi) is 11.9. The van der Waals surface area contributed by atoms with Crippen molar-refractivity contribution in [3.8, 4) is 0 Å². The second-order valence-electron chi connectivity index (χ2n) is 2.20. The first-order valence-corrected chi connectivity index (χ1v) is 4.76. The van der Waals surface area contributed by atoms with Crippen LogP contribution in [0.1, 0.15) is 34.1 Å². The second-order valence-corrected chi connectivity index (χ2v) is 2.20. The normalized spacial score (nSPS) is 12.6. The fourth-order valence-electron chi connectivity index (χ4n) is 0.571. The van der Waals surface area contributed by atoms with E-state index in [1.165, 1.54) is 0 Å². The Morgan fingerprint density at radius 2 is 1.69 bits per heavy atom. The molecular weight excluding hydrogens is 160 g/mol. The van der Waals surface area contributed by atoms with E-state index < -0.39 is 0 Å². The Labute approximate surface area is 82.0 Å². The third-order valence-electron chi connectivity index (χ3n) is 1.29. The molecule has 0 spiro atoms. The summed E-state index contributed by atoms with van der Waals surface area (Å²) in [5.74, 6) is 0. The molecule has 0 amide bonds. The zero-order valence-electron chi connectivity index (χ0n) is 9.17. The van der Waals surface area contributed by atoms with E-state index >= 15 is 0 Å². The van der Waals surface area contributed by atoms with E-state index in [0.717, 1.165) is 6.42 Å². The van der Waals surface area contributed by atoms with Crippen LogP contribution < -0.4 is 11.5 Å². The van der Waals surface area contributed by atoms with E-state index in [-0.39, 0.29) is 0 Å². The summed E-state index contributed by atoms with van der Waals surface area (Å²) in [6.45, 7) is 7.93. The van der Waals surface area contributed by atoms with Crippen molar-refractivity contribution in [2.24, 2.45) is 11.5 Å². The topological polar surface area (TPSA) is 52.0 Å². The smallest absolute Gasteiger partial charge is 0.0544 e. The summed E-state index contributed by atoms with van der Waals surface area (Å²) in [5.41, 5.74) is 12.4. The number of nitrogens with two attached hydrogens (primary N) is 2. The maximum Gasteiger partial charge on any atom is 0.0544 e. The fourth-order valence-corrected chi connectivity index (χ4v) is 0.571. The summed E-state index contributed by atoms with van der Waals surface area (Å²) >= 11 is 0. The van der Waals surface area contributed by atoms with Gasteiger partial charge >= 0.3 is 0 Å². The molecule has 0 aliphatic heterocycles. The summed E-state index contributed by atoms with van der Waals surface area (Å²) < 4.78 is 0. The molecule has 0 aromatic heterocycles. The van der Waals surface area contributed by atoms with Crippen LogP contribution in [0.25, 0.3) is 0 Å². The van der Waals surface area contributed by atoms with Crippen molar-refractivity contribution < 1.29 is 0 Å². The van der Waals surface area contributed by atoms with Crippen LogP contribution in [0.2, 0.25) is 0 Å².